The van der Waals surface area contributed by atoms with E-state index >= 15 is 0 Å². The quantitative estimate of drug-likeness (QED) is 0.499. The Morgan fingerprint density at radius 1 is 1.17 bits per heavy atom. The van der Waals surface area contributed by atoms with Crippen molar-refractivity contribution in [1.82, 2.24) is 15.0 Å². The molecule has 148 valence electrons. The highest BCUT2D eigenvalue weighted by molar-refractivity contribution is 7.18. The van der Waals surface area contributed by atoms with Crippen LogP contribution in [-0.2, 0) is 4.74 Å². The smallest absolute Gasteiger partial charge is 0.361 e. The average Bonchev–Trinajstić information content (AvgIpc) is 3.22. The van der Waals surface area contributed by atoms with Crippen LogP contribution in [0.2, 0.25) is 0 Å². The molecule has 0 spiro atoms. The van der Waals surface area contributed by atoms with Gasteiger partial charge in [0.1, 0.15) is 10.6 Å². The van der Waals surface area contributed by atoms with Gasteiger partial charge in [-0.05, 0) is 45.4 Å². The van der Waals surface area contributed by atoms with Crippen molar-refractivity contribution in [1.29, 1.82) is 0 Å². The van der Waals surface area contributed by atoms with Crippen molar-refractivity contribution >= 4 is 27.5 Å². The number of aryl methyl sites for hydroxylation is 3. The van der Waals surface area contributed by atoms with E-state index in [1.807, 2.05) is 44.2 Å². The summed E-state index contributed by atoms with van der Waals surface area (Å²) in [5.74, 6) is 0.367. The molecule has 1 aromatic carbocycles. The summed E-state index contributed by atoms with van der Waals surface area (Å²) in [6.45, 7) is 7.15. The first-order chi connectivity index (χ1) is 13.8. The molecule has 7 nitrogen and oxygen atoms in total. The van der Waals surface area contributed by atoms with E-state index in [9.17, 15) is 9.59 Å². The molecule has 0 aliphatic rings. The van der Waals surface area contributed by atoms with Crippen LogP contribution < -0.4 is 5.56 Å². The molecule has 0 saturated heterocycles. The van der Waals surface area contributed by atoms with Crippen molar-refractivity contribution in [3.8, 4) is 11.5 Å². The Labute approximate surface area is 170 Å². The highest BCUT2D eigenvalue weighted by Gasteiger charge is 2.24. The van der Waals surface area contributed by atoms with Gasteiger partial charge < -0.3 is 14.1 Å². The van der Waals surface area contributed by atoms with E-state index in [0.29, 0.717) is 27.7 Å². The van der Waals surface area contributed by atoms with E-state index in [4.69, 9.17) is 9.15 Å². The Hall–Kier alpha value is -3.26. The zero-order chi connectivity index (χ0) is 20.7. The Bertz CT molecular complexity index is 1270. The molecule has 0 radical (unpaired) electrons. The van der Waals surface area contributed by atoms with E-state index < -0.39 is 12.1 Å². The van der Waals surface area contributed by atoms with E-state index in [-0.39, 0.29) is 11.3 Å². The Morgan fingerprint density at radius 3 is 2.62 bits per heavy atom. The first-order valence-electron chi connectivity index (χ1n) is 9.09. The van der Waals surface area contributed by atoms with Crippen molar-refractivity contribution in [2.24, 2.45) is 0 Å². The molecular formula is C21H19N3O4S. The van der Waals surface area contributed by atoms with Crippen LogP contribution in [0.3, 0.4) is 0 Å². The largest absolute Gasteiger partial charge is 0.450 e. The van der Waals surface area contributed by atoms with Crippen LogP contribution in [0.1, 0.15) is 45.5 Å². The lowest BCUT2D eigenvalue weighted by Gasteiger charge is -2.11. The fourth-order valence-electron chi connectivity index (χ4n) is 3.03. The van der Waals surface area contributed by atoms with Gasteiger partial charge in [-0.3, -0.25) is 4.79 Å². The Morgan fingerprint density at radius 2 is 1.90 bits per heavy atom. The Balaban J connectivity index is 1.60. The van der Waals surface area contributed by atoms with Crippen LogP contribution in [0.15, 0.2) is 39.5 Å². The maximum Gasteiger partial charge on any atom is 0.361 e. The maximum atomic E-state index is 12.6. The van der Waals surface area contributed by atoms with Gasteiger partial charge in [-0.15, -0.1) is 11.3 Å². The second-order valence-corrected chi connectivity index (χ2v) is 7.96. The zero-order valence-corrected chi connectivity index (χ0v) is 17.2. The highest BCUT2D eigenvalue weighted by atomic mass is 32.1. The topological polar surface area (TPSA) is 98.1 Å². The predicted molar refractivity (Wildman–Crippen MR) is 110 cm³/mol. The molecule has 1 atom stereocenters. The number of thiophene rings is 1. The third kappa shape index (κ3) is 3.47. The first kappa shape index (κ1) is 19.1. The third-order valence-electron chi connectivity index (χ3n) is 4.74. The van der Waals surface area contributed by atoms with Gasteiger partial charge in [0.05, 0.1) is 5.39 Å². The van der Waals surface area contributed by atoms with Gasteiger partial charge >= 0.3 is 5.97 Å². The van der Waals surface area contributed by atoms with Gasteiger partial charge in [0, 0.05) is 10.4 Å². The number of oxazole rings is 1. The van der Waals surface area contributed by atoms with E-state index in [0.717, 1.165) is 16.0 Å². The molecule has 0 aliphatic carbocycles. The number of H-pyrrole nitrogens is 1. The number of ether oxygens (including phenoxy) is 1. The molecule has 0 saturated carbocycles. The van der Waals surface area contributed by atoms with Crippen LogP contribution in [0, 0.1) is 20.8 Å². The number of hydrogen-bond donors (Lipinski definition) is 1. The molecular weight excluding hydrogens is 390 g/mol. The molecule has 0 aliphatic heterocycles. The third-order valence-corrected chi connectivity index (χ3v) is 5.84. The summed E-state index contributed by atoms with van der Waals surface area (Å²) in [5, 5.41) is 0.578. The zero-order valence-electron chi connectivity index (χ0n) is 16.4. The summed E-state index contributed by atoms with van der Waals surface area (Å²) in [6, 6.07) is 9.30. The fourth-order valence-corrected chi connectivity index (χ4v) is 4.06. The number of esters is 1. The van der Waals surface area contributed by atoms with Crippen LogP contribution >= 0.6 is 11.3 Å². The van der Waals surface area contributed by atoms with E-state index in [1.54, 1.807) is 13.8 Å². The van der Waals surface area contributed by atoms with Crippen LogP contribution in [0.25, 0.3) is 21.7 Å². The minimum atomic E-state index is -0.751. The SMILES string of the molecule is Cc1oc(-c2ccccc2)nc1C(=O)O[C@@H](C)c1nc2sc(C)c(C)c2c(=O)[nH]1. The lowest BCUT2D eigenvalue weighted by Crippen LogP contribution is -2.17. The normalized spacial score (nSPS) is 12.3. The van der Waals surface area contributed by atoms with Crippen LogP contribution in [0.5, 0.6) is 0 Å². The maximum absolute atomic E-state index is 12.6. The summed E-state index contributed by atoms with van der Waals surface area (Å²) in [5.41, 5.74) is 1.55. The van der Waals surface area contributed by atoms with Crippen LogP contribution in [-0.4, -0.2) is 20.9 Å². The minimum absolute atomic E-state index is 0.0990. The highest BCUT2D eigenvalue weighted by Crippen LogP contribution is 2.27. The molecule has 0 unspecified atom stereocenters. The van der Waals surface area contributed by atoms with Crippen molar-refractivity contribution in [3.63, 3.8) is 0 Å². The van der Waals surface area contributed by atoms with Gasteiger partial charge in [0.2, 0.25) is 5.89 Å². The standard InChI is InChI=1S/C21H19N3O4S/c1-10-13(4)29-20-15(10)18(25)23-17(24-20)12(3)28-21(26)16-11(2)27-19(22-16)14-8-6-5-7-9-14/h5-9,12H,1-4H3,(H,23,24,25)/t12-/m0/s1. The molecule has 0 bridgehead atoms. The monoisotopic (exact) mass is 409 g/mol. The summed E-state index contributed by atoms with van der Waals surface area (Å²) < 4.78 is 11.1. The van der Waals surface area contributed by atoms with Crippen molar-refractivity contribution in [2.45, 2.75) is 33.8 Å². The number of rotatable bonds is 4. The molecule has 1 N–H and O–H groups in total. The molecule has 0 amide bonds. The fraction of sp³-hybridized carbons (Fsp3) is 0.238. The van der Waals surface area contributed by atoms with Gasteiger partial charge in [0.25, 0.3) is 5.56 Å². The number of nitrogens with zero attached hydrogens (tertiary/aromatic N) is 2. The average molecular weight is 409 g/mol. The summed E-state index contributed by atoms with van der Waals surface area (Å²) >= 11 is 1.44. The lowest BCUT2D eigenvalue weighted by atomic mass is 10.2. The summed E-state index contributed by atoms with van der Waals surface area (Å²) in [4.78, 5) is 38.2. The van der Waals surface area contributed by atoms with Crippen LogP contribution in [0.4, 0.5) is 0 Å². The lowest BCUT2D eigenvalue weighted by molar-refractivity contribution is 0.0312. The second-order valence-electron chi connectivity index (χ2n) is 6.75. The van der Waals surface area contributed by atoms with Crippen molar-refractivity contribution in [3.05, 3.63) is 68.4 Å². The number of fused-ring (bicyclic) bond motifs is 1. The van der Waals surface area contributed by atoms with Gasteiger partial charge in [-0.25, -0.2) is 14.8 Å². The first-order valence-corrected chi connectivity index (χ1v) is 9.90. The predicted octanol–water partition coefficient (Wildman–Crippen LogP) is 4.48. The number of aromatic nitrogens is 3. The van der Waals surface area contributed by atoms with Gasteiger partial charge in [0.15, 0.2) is 17.6 Å². The summed E-state index contributed by atoms with van der Waals surface area (Å²) in [6.07, 6.45) is -0.751. The van der Waals surface area contributed by atoms with Crippen molar-refractivity contribution in [2.75, 3.05) is 0 Å². The number of carbonyl (C=O) groups excluding carboxylic acids is 1. The summed E-state index contributed by atoms with van der Waals surface area (Å²) in [7, 11) is 0. The molecule has 0 fully saturated rings. The number of aromatic amines is 1. The molecule has 4 aromatic rings. The number of nitrogens with one attached hydrogen (secondary N) is 1. The molecule has 3 aromatic heterocycles. The number of hydrogen-bond acceptors (Lipinski definition) is 7. The van der Waals surface area contributed by atoms with E-state index in [1.165, 1.54) is 11.3 Å². The molecule has 3 heterocycles. The van der Waals surface area contributed by atoms with Gasteiger partial charge in [-0.2, -0.15) is 0 Å². The van der Waals surface area contributed by atoms with Crippen molar-refractivity contribution < 1.29 is 13.9 Å². The number of benzene rings is 1. The minimum Gasteiger partial charge on any atom is -0.450 e. The number of carbonyl (C=O) groups is 1. The van der Waals surface area contributed by atoms with Gasteiger partial charge in [-0.1, -0.05) is 18.2 Å². The molecule has 8 heteroatoms. The molecule has 4 rings (SSSR count). The van der Waals surface area contributed by atoms with E-state index in [2.05, 4.69) is 15.0 Å². The second kappa shape index (κ2) is 7.29. The molecule has 29 heavy (non-hydrogen) atoms. The Kier molecular flexibility index (Phi) is 4.79.